The maximum Gasteiger partial charge on any atom is 0.277 e. The molecule has 3 heterocycles. The van der Waals surface area contributed by atoms with Gasteiger partial charge < -0.3 is 9.30 Å². The highest BCUT2D eigenvalue weighted by atomic mass is 16.5. The fraction of sp³-hybridized carbons (Fsp3) is 0.250. The first kappa shape index (κ1) is 16.3. The first-order valence-electron chi connectivity index (χ1n) is 8.64. The lowest BCUT2D eigenvalue weighted by Crippen LogP contribution is -2.21. The largest absolute Gasteiger partial charge is 0.473 e. The number of hydrogen-bond acceptors (Lipinski definition) is 4. The van der Waals surface area contributed by atoms with Crippen molar-refractivity contribution in [3.8, 4) is 5.88 Å². The summed E-state index contributed by atoms with van der Waals surface area (Å²) >= 11 is 0. The summed E-state index contributed by atoms with van der Waals surface area (Å²) in [4.78, 5) is 22.0. The van der Waals surface area contributed by atoms with Crippen molar-refractivity contribution in [2.24, 2.45) is 7.05 Å². The van der Waals surface area contributed by atoms with Gasteiger partial charge in [-0.15, -0.1) is 0 Å². The Morgan fingerprint density at radius 1 is 1.08 bits per heavy atom. The molecule has 0 saturated heterocycles. The summed E-state index contributed by atoms with van der Waals surface area (Å²) in [6.07, 6.45) is 0.716. The van der Waals surface area contributed by atoms with Crippen LogP contribution in [-0.2, 0) is 20.1 Å². The molecule has 4 aromatic rings. The molecule has 1 aromatic carbocycles. The second-order valence-electron chi connectivity index (χ2n) is 6.28. The number of benzene rings is 1. The van der Waals surface area contributed by atoms with Gasteiger partial charge in [0, 0.05) is 19.5 Å². The number of imidazole rings is 1. The van der Waals surface area contributed by atoms with Crippen LogP contribution in [0.25, 0.3) is 16.7 Å². The molecule has 26 heavy (non-hydrogen) atoms. The minimum Gasteiger partial charge on any atom is -0.473 e. The molecule has 132 valence electrons. The highest BCUT2D eigenvalue weighted by Gasteiger charge is 2.17. The van der Waals surface area contributed by atoms with Gasteiger partial charge in [-0.3, -0.25) is 9.20 Å². The van der Waals surface area contributed by atoms with E-state index in [1.165, 1.54) is 0 Å². The predicted octanol–water partition coefficient (Wildman–Crippen LogP) is 3.03. The Labute approximate surface area is 150 Å². The maximum atomic E-state index is 12.7. The van der Waals surface area contributed by atoms with E-state index in [9.17, 15) is 4.79 Å². The zero-order valence-corrected chi connectivity index (χ0v) is 15.1. The first-order valence-corrected chi connectivity index (χ1v) is 8.64. The smallest absolute Gasteiger partial charge is 0.277 e. The molecule has 0 fully saturated rings. The number of aryl methyl sites for hydroxylation is 3. The average Bonchev–Trinajstić information content (AvgIpc) is 3.02. The fourth-order valence-electron chi connectivity index (χ4n) is 3.23. The molecule has 6 nitrogen and oxygen atoms in total. The van der Waals surface area contributed by atoms with Gasteiger partial charge in [0.05, 0.1) is 11.2 Å². The molecule has 0 N–H and O–H groups in total. The first-order chi connectivity index (χ1) is 12.6. The van der Waals surface area contributed by atoms with Gasteiger partial charge in [-0.2, -0.15) is 4.98 Å². The van der Waals surface area contributed by atoms with Crippen molar-refractivity contribution in [2.45, 2.75) is 26.9 Å². The third-order valence-corrected chi connectivity index (χ3v) is 4.58. The number of hydrogen-bond donors (Lipinski definition) is 0. The lowest BCUT2D eigenvalue weighted by atomic mass is 10.2. The van der Waals surface area contributed by atoms with Crippen LogP contribution in [0, 0.1) is 6.92 Å². The van der Waals surface area contributed by atoms with Gasteiger partial charge in [-0.25, -0.2) is 4.98 Å². The summed E-state index contributed by atoms with van der Waals surface area (Å²) in [7, 11) is 1.76. The third kappa shape index (κ3) is 2.54. The van der Waals surface area contributed by atoms with Crippen molar-refractivity contribution in [3.63, 3.8) is 0 Å². The van der Waals surface area contributed by atoms with Gasteiger partial charge in [0.25, 0.3) is 5.56 Å². The average molecular weight is 348 g/mol. The monoisotopic (exact) mass is 348 g/mol. The number of aromatic nitrogens is 4. The van der Waals surface area contributed by atoms with Crippen LogP contribution >= 0.6 is 0 Å². The van der Waals surface area contributed by atoms with E-state index in [-0.39, 0.29) is 5.56 Å². The van der Waals surface area contributed by atoms with Crippen LogP contribution in [0.2, 0.25) is 0 Å². The quantitative estimate of drug-likeness (QED) is 0.569. The number of ether oxygens (including phenoxy) is 1. The van der Waals surface area contributed by atoms with E-state index in [4.69, 9.17) is 4.74 Å². The van der Waals surface area contributed by atoms with Crippen LogP contribution in [-0.4, -0.2) is 18.9 Å². The van der Waals surface area contributed by atoms with Crippen molar-refractivity contribution in [2.75, 3.05) is 0 Å². The molecule has 3 aromatic heterocycles. The Hall–Kier alpha value is -3.15. The Kier molecular flexibility index (Phi) is 3.95. The van der Waals surface area contributed by atoms with Gasteiger partial charge >= 0.3 is 0 Å². The molecule has 0 spiro atoms. The number of pyridine rings is 1. The topological polar surface area (TPSA) is 61.4 Å². The number of fused-ring (bicyclic) bond motifs is 3. The molecule has 0 radical (unpaired) electrons. The molecule has 0 unspecified atom stereocenters. The molecule has 0 atom stereocenters. The highest BCUT2D eigenvalue weighted by Crippen LogP contribution is 2.20. The molecule has 0 aliphatic carbocycles. The van der Waals surface area contributed by atoms with Gasteiger partial charge in [-0.05, 0) is 18.6 Å². The van der Waals surface area contributed by atoms with E-state index in [2.05, 4.69) is 9.97 Å². The summed E-state index contributed by atoms with van der Waals surface area (Å²) in [6, 6.07) is 13.6. The number of rotatable bonds is 4. The minimum atomic E-state index is -0.0676. The van der Waals surface area contributed by atoms with Crippen molar-refractivity contribution >= 4 is 16.7 Å². The second kappa shape index (κ2) is 6.29. The molecule has 0 saturated carbocycles. The van der Waals surface area contributed by atoms with Crippen LogP contribution in [0.3, 0.4) is 0 Å². The fourth-order valence-corrected chi connectivity index (χ4v) is 3.23. The lowest BCUT2D eigenvalue weighted by molar-refractivity contribution is 0.295. The van der Waals surface area contributed by atoms with Crippen LogP contribution < -0.4 is 10.3 Å². The Balaban J connectivity index is 1.87. The molecular weight excluding hydrogens is 328 g/mol. The SMILES string of the molecule is CCc1nc(C)c2c(=O)n(C)c3ccc(OCc4ccccc4)nc3n12. The molecule has 4 rings (SSSR count). The molecule has 6 heteroatoms. The summed E-state index contributed by atoms with van der Waals surface area (Å²) in [5.74, 6) is 1.35. The lowest BCUT2D eigenvalue weighted by Gasteiger charge is -2.11. The normalized spacial score (nSPS) is 11.3. The standard InChI is InChI=1S/C20H20N4O2/c1-4-16-21-13(2)18-20(25)23(3)15-10-11-17(22-19(15)24(16)18)26-12-14-8-6-5-7-9-14/h5-11H,4,12H2,1-3H3. The molecular formula is C20H20N4O2. The molecule has 0 aliphatic rings. The van der Waals surface area contributed by atoms with Crippen LogP contribution in [0.1, 0.15) is 24.0 Å². The second-order valence-corrected chi connectivity index (χ2v) is 6.28. The van der Waals surface area contributed by atoms with Crippen molar-refractivity contribution in [3.05, 3.63) is 69.9 Å². The van der Waals surface area contributed by atoms with Crippen LogP contribution in [0.15, 0.2) is 47.3 Å². The van der Waals surface area contributed by atoms with Gasteiger partial charge in [-0.1, -0.05) is 37.3 Å². The molecule has 0 bridgehead atoms. The summed E-state index contributed by atoms with van der Waals surface area (Å²) < 4.78 is 9.35. The molecule has 0 amide bonds. The van der Waals surface area contributed by atoms with Crippen molar-refractivity contribution in [1.29, 1.82) is 0 Å². The minimum absolute atomic E-state index is 0.0676. The molecule has 0 aliphatic heterocycles. The summed E-state index contributed by atoms with van der Waals surface area (Å²) in [5, 5.41) is 0. The van der Waals surface area contributed by atoms with Crippen molar-refractivity contribution < 1.29 is 4.74 Å². The highest BCUT2D eigenvalue weighted by molar-refractivity contribution is 5.76. The van der Waals surface area contributed by atoms with E-state index in [1.807, 2.05) is 54.6 Å². The maximum absolute atomic E-state index is 12.7. The zero-order valence-electron chi connectivity index (χ0n) is 15.1. The predicted molar refractivity (Wildman–Crippen MR) is 101 cm³/mol. The van der Waals surface area contributed by atoms with Crippen LogP contribution in [0.5, 0.6) is 5.88 Å². The Morgan fingerprint density at radius 3 is 2.58 bits per heavy atom. The van der Waals surface area contributed by atoms with Gasteiger partial charge in [0.1, 0.15) is 17.9 Å². The van der Waals surface area contributed by atoms with Crippen LogP contribution in [0.4, 0.5) is 0 Å². The van der Waals surface area contributed by atoms with E-state index in [1.54, 1.807) is 17.7 Å². The third-order valence-electron chi connectivity index (χ3n) is 4.58. The van der Waals surface area contributed by atoms with E-state index < -0.39 is 0 Å². The number of nitrogens with zero attached hydrogens (tertiary/aromatic N) is 4. The Bertz CT molecular complexity index is 1160. The van der Waals surface area contributed by atoms with E-state index >= 15 is 0 Å². The van der Waals surface area contributed by atoms with E-state index in [0.29, 0.717) is 30.1 Å². The summed E-state index contributed by atoms with van der Waals surface area (Å²) in [5.41, 5.74) is 3.74. The van der Waals surface area contributed by atoms with Gasteiger partial charge in [0.15, 0.2) is 5.65 Å². The Morgan fingerprint density at radius 2 is 1.85 bits per heavy atom. The van der Waals surface area contributed by atoms with Gasteiger partial charge in [0.2, 0.25) is 5.88 Å². The zero-order chi connectivity index (χ0) is 18.3. The summed E-state index contributed by atoms with van der Waals surface area (Å²) in [6.45, 7) is 4.32. The van der Waals surface area contributed by atoms with Crippen molar-refractivity contribution in [1.82, 2.24) is 18.9 Å². The van der Waals surface area contributed by atoms with E-state index in [0.717, 1.165) is 22.6 Å².